The van der Waals surface area contributed by atoms with E-state index in [1.807, 2.05) is 57.2 Å². The Hall–Kier alpha value is -2.82. The largest absolute Gasteiger partial charge is 0.399 e. The van der Waals surface area contributed by atoms with Crippen LogP contribution in [0.3, 0.4) is 0 Å². The Morgan fingerprint density at radius 1 is 0.885 bits per heavy atom. The Balaban J connectivity index is 1.80. The van der Waals surface area contributed by atoms with E-state index in [1.54, 1.807) is 12.1 Å². The normalized spacial score (nSPS) is 11.0. The van der Waals surface area contributed by atoms with E-state index in [4.69, 9.17) is 5.73 Å². The second-order valence-electron chi connectivity index (χ2n) is 7.38. The molecular formula is C21H27N3O2. The molecule has 0 spiro atoms. The quantitative estimate of drug-likeness (QED) is 0.698. The van der Waals surface area contributed by atoms with Gasteiger partial charge in [0, 0.05) is 29.8 Å². The van der Waals surface area contributed by atoms with Crippen LogP contribution in [0, 0.1) is 5.41 Å². The standard InChI is InChI=1S/C21H27N3O2/c1-21(2,3)20(26)24-14-16-4-8-17(9-5-16)19(25)23-13-12-15-6-10-18(22)11-7-15/h4-11H,12-14,22H2,1-3H3,(H,23,25)(H,24,26). The lowest BCUT2D eigenvalue weighted by atomic mass is 9.95. The molecular weight excluding hydrogens is 326 g/mol. The van der Waals surface area contributed by atoms with Crippen LogP contribution in [0.2, 0.25) is 0 Å². The van der Waals surface area contributed by atoms with Crippen molar-refractivity contribution < 1.29 is 9.59 Å². The topological polar surface area (TPSA) is 84.2 Å². The lowest BCUT2D eigenvalue weighted by molar-refractivity contribution is -0.128. The summed E-state index contributed by atoms with van der Waals surface area (Å²) in [4.78, 5) is 24.1. The van der Waals surface area contributed by atoms with E-state index in [0.717, 1.165) is 23.2 Å². The number of hydrogen-bond donors (Lipinski definition) is 3. The lowest BCUT2D eigenvalue weighted by Gasteiger charge is -2.17. The Labute approximate surface area is 155 Å². The number of hydrogen-bond acceptors (Lipinski definition) is 3. The van der Waals surface area contributed by atoms with Crippen LogP contribution in [-0.2, 0) is 17.8 Å². The van der Waals surface area contributed by atoms with Crippen molar-refractivity contribution in [1.29, 1.82) is 0 Å². The number of carbonyl (C=O) groups excluding carboxylic acids is 2. The summed E-state index contributed by atoms with van der Waals surface area (Å²) in [6.45, 7) is 6.64. The van der Waals surface area contributed by atoms with Gasteiger partial charge in [0.25, 0.3) is 5.91 Å². The molecule has 0 heterocycles. The third kappa shape index (κ3) is 5.92. The first-order valence-electron chi connectivity index (χ1n) is 8.75. The van der Waals surface area contributed by atoms with Gasteiger partial charge in [-0.2, -0.15) is 0 Å². The highest BCUT2D eigenvalue weighted by molar-refractivity contribution is 5.94. The predicted octanol–water partition coefficient (Wildman–Crippen LogP) is 2.90. The van der Waals surface area contributed by atoms with Crippen molar-refractivity contribution in [2.45, 2.75) is 33.7 Å². The van der Waals surface area contributed by atoms with Crippen molar-refractivity contribution in [3.05, 3.63) is 65.2 Å². The molecule has 2 aromatic carbocycles. The number of nitrogens with two attached hydrogens (primary N) is 1. The van der Waals surface area contributed by atoms with Gasteiger partial charge in [-0.1, -0.05) is 45.0 Å². The highest BCUT2D eigenvalue weighted by Crippen LogP contribution is 2.13. The highest BCUT2D eigenvalue weighted by atomic mass is 16.2. The maximum Gasteiger partial charge on any atom is 0.251 e. The van der Waals surface area contributed by atoms with Crippen LogP contribution < -0.4 is 16.4 Å². The van der Waals surface area contributed by atoms with E-state index < -0.39 is 5.41 Å². The van der Waals surface area contributed by atoms with Crippen molar-refractivity contribution >= 4 is 17.5 Å². The summed E-state index contributed by atoms with van der Waals surface area (Å²) in [7, 11) is 0. The zero-order valence-electron chi connectivity index (χ0n) is 15.6. The van der Waals surface area contributed by atoms with E-state index >= 15 is 0 Å². The molecule has 0 atom stereocenters. The molecule has 0 saturated heterocycles. The number of nitrogen functional groups attached to an aromatic ring is 1. The second kappa shape index (κ2) is 8.52. The number of anilines is 1. The number of rotatable bonds is 6. The predicted molar refractivity (Wildman–Crippen MR) is 105 cm³/mol. The van der Waals surface area contributed by atoms with E-state index in [2.05, 4.69) is 10.6 Å². The molecule has 5 heteroatoms. The summed E-state index contributed by atoms with van der Waals surface area (Å²) in [5, 5.41) is 5.81. The number of benzene rings is 2. The minimum Gasteiger partial charge on any atom is -0.399 e. The maximum absolute atomic E-state index is 12.2. The van der Waals surface area contributed by atoms with Gasteiger partial charge in [0.15, 0.2) is 0 Å². The molecule has 0 radical (unpaired) electrons. The molecule has 2 amide bonds. The monoisotopic (exact) mass is 353 g/mol. The summed E-state index contributed by atoms with van der Waals surface area (Å²) in [6.07, 6.45) is 0.753. The first-order chi connectivity index (χ1) is 12.3. The average Bonchev–Trinajstić information content (AvgIpc) is 2.61. The zero-order valence-corrected chi connectivity index (χ0v) is 15.6. The Kier molecular flexibility index (Phi) is 6.39. The average molecular weight is 353 g/mol. The van der Waals surface area contributed by atoms with Crippen molar-refractivity contribution in [1.82, 2.24) is 10.6 Å². The van der Waals surface area contributed by atoms with Gasteiger partial charge in [0.05, 0.1) is 0 Å². The fourth-order valence-electron chi connectivity index (χ4n) is 2.33. The van der Waals surface area contributed by atoms with E-state index in [1.165, 1.54) is 0 Å². The van der Waals surface area contributed by atoms with Crippen molar-refractivity contribution in [3.63, 3.8) is 0 Å². The van der Waals surface area contributed by atoms with Gasteiger partial charge < -0.3 is 16.4 Å². The van der Waals surface area contributed by atoms with Gasteiger partial charge >= 0.3 is 0 Å². The van der Waals surface area contributed by atoms with Gasteiger partial charge in [0.1, 0.15) is 0 Å². The molecule has 5 nitrogen and oxygen atoms in total. The van der Waals surface area contributed by atoms with Crippen LogP contribution in [0.25, 0.3) is 0 Å². The molecule has 0 fully saturated rings. The number of carbonyl (C=O) groups is 2. The van der Waals surface area contributed by atoms with E-state index in [9.17, 15) is 9.59 Å². The summed E-state index contributed by atoms with van der Waals surface area (Å²) in [5.41, 5.74) is 8.67. The fraction of sp³-hybridized carbons (Fsp3) is 0.333. The van der Waals surface area contributed by atoms with E-state index in [0.29, 0.717) is 18.7 Å². The summed E-state index contributed by atoms with van der Waals surface area (Å²) >= 11 is 0. The van der Waals surface area contributed by atoms with Crippen LogP contribution in [0.1, 0.15) is 42.3 Å². The minimum atomic E-state index is -0.412. The second-order valence-corrected chi connectivity index (χ2v) is 7.38. The molecule has 0 saturated carbocycles. The summed E-state index contributed by atoms with van der Waals surface area (Å²) in [5.74, 6) is -0.104. The molecule has 4 N–H and O–H groups in total. The summed E-state index contributed by atoms with van der Waals surface area (Å²) < 4.78 is 0. The molecule has 0 aliphatic carbocycles. The molecule has 0 aliphatic rings. The molecule has 2 rings (SSSR count). The Morgan fingerprint density at radius 2 is 1.46 bits per heavy atom. The van der Waals surface area contributed by atoms with Gasteiger partial charge in [-0.25, -0.2) is 0 Å². The van der Waals surface area contributed by atoms with Gasteiger partial charge in [-0.15, -0.1) is 0 Å². The Morgan fingerprint density at radius 3 is 2.04 bits per heavy atom. The summed E-state index contributed by atoms with van der Waals surface area (Å²) in [6, 6.07) is 14.9. The number of amides is 2. The van der Waals surface area contributed by atoms with Gasteiger partial charge in [-0.3, -0.25) is 9.59 Å². The Bertz CT molecular complexity index is 744. The van der Waals surface area contributed by atoms with Gasteiger partial charge in [-0.05, 0) is 41.8 Å². The van der Waals surface area contributed by atoms with Crippen molar-refractivity contribution in [2.24, 2.45) is 5.41 Å². The molecule has 138 valence electrons. The number of nitrogens with one attached hydrogen (secondary N) is 2. The highest BCUT2D eigenvalue weighted by Gasteiger charge is 2.20. The smallest absolute Gasteiger partial charge is 0.251 e. The molecule has 0 bridgehead atoms. The van der Waals surface area contributed by atoms with Gasteiger partial charge in [0.2, 0.25) is 5.91 Å². The molecule has 26 heavy (non-hydrogen) atoms. The van der Waals surface area contributed by atoms with Crippen LogP contribution in [0.15, 0.2) is 48.5 Å². The zero-order chi connectivity index (χ0) is 19.2. The van der Waals surface area contributed by atoms with Crippen molar-refractivity contribution in [3.8, 4) is 0 Å². The maximum atomic E-state index is 12.2. The third-order valence-electron chi connectivity index (χ3n) is 4.03. The van der Waals surface area contributed by atoms with Crippen LogP contribution in [0.4, 0.5) is 5.69 Å². The molecule has 0 aliphatic heterocycles. The van der Waals surface area contributed by atoms with E-state index in [-0.39, 0.29) is 11.8 Å². The molecule has 2 aromatic rings. The van der Waals surface area contributed by atoms with Crippen molar-refractivity contribution in [2.75, 3.05) is 12.3 Å². The fourth-order valence-corrected chi connectivity index (χ4v) is 2.33. The molecule has 0 unspecified atom stereocenters. The molecule has 0 aromatic heterocycles. The first-order valence-corrected chi connectivity index (χ1v) is 8.75. The lowest BCUT2D eigenvalue weighted by Crippen LogP contribution is -2.34. The third-order valence-corrected chi connectivity index (χ3v) is 4.03. The minimum absolute atomic E-state index is 0.00184. The SMILES string of the molecule is CC(C)(C)C(=O)NCc1ccc(C(=O)NCCc2ccc(N)cc2)cc1. The van der Waals surface area contributed by atoms with Crippen LogP contribution in [0.5, 0.6) is 0 Å². The van der Waals surface area contributed by atoms with Crippen LogP contribution >= 0.6 is 0 Å². The first kappa shape index (κ1) is 19.5. The van der Waals surface area contributed by atoms with Crippen LogP contribution in [-0.4, -0.2) is 18.4 Å².